The Labute approximate surface area is 128 Å². The van der Waals surface area contributed by atoms with Crippen LogP contribution in [0.3, 0.4) is 0 Å². The van der Waals surface area contributed by atoms with Gasteiger partial charge in [-0.05, 0) is 50.9 Å². The smallest absolute Gasteiger partial charge is 0.0996 e. The standard InChI is InChI=1S/C15H12Br2N2/c1-9-8-19-14-11(7-12(16)15(19)17)5-4-10-3-2-6-18(9)13(10)14/h2-7,9H,8H2,1H3. The first-order valence-electron chi connectivity index (χ1n) is 6.31. The Morgan fingerprint density at radius 1 is 1.16 bits per heavy atom. The molecule has 0 aliphatic carbocycles. The van der Waals surface area contributed by atoms with Crippen molar-refractivity contribution in [1.82, 2.24) is 0 Å². The van der Waals surface area contributed by atoms with E-state index in [9.17, 15) is 0 Å². The number of hydrogen-bond donors (Lipinski definition) is 0. The van der Waals surface area contributed by atoms with Gasteiger partial charge in [0.15, 0.2) is 0 Å². The van der Waals surface area contributed by atoms with Crippen molar-refractivity contribution in [2.75, 3.05) is 16.3 Å². The highest BCUT2D eigenvalue weighted by Gasteiger charge is 2.32. The lowest BCUT2D eigenvalue weighted by molar-refractivity contribution is 0.670. The number of nitrogens with zero attached hydrogens (tertiary/aromatic N) is 2. The molecular formula is C15H12Br2N2. The van der Waals surface area contributed by atoms with Gasteiger partial charge < -0.3 is 9.80 Å². The molecule has 1 atom stereocenters. The number of allylic oxidation sites excluding steroid dienone is 2. The molecule has 0 radical (unpaired) electrons. The van der Waals surface area contributed by atoms with Crippen molar-refractivity contribution < 1.29 is 0 Å². The van der Waals surface area contributed by atoms with Gasteiger partial charge in [0.25, 0.3) is 0 Å². The maximum atomic E-state index is 3.71. The molecular weight excluding hydrogens is 368 g/mol. The summed E-state index contributed by atoms with van der Waals surface area (Å²) in [5.41, 5.74) is 2.64. The van der Waals surface area contributed by atoms with Gasteiger partial charge in [-0.2, -0.15) is 0 Å². The highest BCUT2D eigenvalue weighted by Crippen LogP contribution is 2.39. The van der Waals surface area contributed by atoms with Crippen LogP contribution in [0.2, 0.25) is 0 Å². The lowest BCUT2D eigenvalue weighted by Gasteiger charge is -2.44. The molecule has 0 N–H and O–H groups in total. The topological polar surface area (TPSA) is 6.48 Å². The van der Waals surface area contributed by atoms with Crippen molar-refractivity contribution in [1.29, 1.82) is 0 Å². The van der Waals surface area contributed by atoms with Crippen LogP contribution in [0.5, 0.6) is 0 Å². The second-order valence-electron chi connectivity index (χ2n) is 5.10. The highest BCUT2D eigenvalue weighted by molar-refractivity contribution is 9.14. The van der Waals surface area contributed by atoms with E-state index in [1.807, 2.05) is 0 Å². The summed E-state index contributed by atoms with van der Waals surface area (Å²) in [4.78, 5) is 4.75. The predicted molar refractivity (Wildman–Crippen MR) is 87.9 cm³/mol. The zero-order valence-electron chi connectivity index (χ0n) is 10.4. The number of anilines is 2. The van der Waals surface area contributed by atoms with E-state index in [4.69, 9.17) is 0 Å². The molecule has 0 fully saturated rings. The van der Waals surface area contributed by atoms with Crippen LogP contribution in [0, 0.1) is 0 Å². The zero-order valence-corrected chi connectivity index (χ0v) is 13.6. The van der Waals surface area contributed by atoms with Crippen LogP contribution >= 0.6 is 31.9 Å². The van der Waals surface area contributed by atoms with Crippen molar-refractivity contribution >= 4 is 55.4 Å². The molecule has 0 saturated heterocycles. The third kappa shape index (κ3) is 1.53. The summed E-state index contributed by atoms with van der Waals surface area (Å²) < 4.78 is 2.23. The number of rotatable bonds is 0. The summed E-state index contributed by atoms with van der Waals surface area (Å²) in [6, 6.07) is 4.86. The van der Waals surface area contributed by atoms with Gasteiger partial charge in [0.1, 0.15) is 0 Å². The average Bonchev–Trinajstić information content (AvgIpc) is 2.42. The van der Waals surface area contributed by atoms with Crippen LogP contribution in [0.25, 0.3) is 12.2 Å². The van der Waals surface area contributed by atoms with E-state index in [1.54, 1.807) is 0 Å². The quantitative estimate of drug-likeness (QED) is 0.639. The van der Waals surface area contributed by atoms with Crippen LogP contribution in [0.4, 0.5) is 11.4 Å². The van der Waals surface area contributed by atoms with E-state index in [0.717, 1.165) is 15.6 Å². The van der Waals surface area contributed by atoms with Crippen LogP contribution in [0.1, 0.15) is 6.92 Å². The SMILES string of the molecule is CC1CN2C(Br)=C(Br)C=c3ccc4c(c32)N1C=CC=4. The average molecular weight is 380 g/mol. The number of benzene rings is 1. The molecule has 1 aromatic carbocycles. The van der Waals surface area contributed by atoms with Crippen molar-refractivity contribution in [3.63, 3.8) is 0 Å². The molecule has 1 unspecified atom stereocenters. The van der Waals surface area contributed by atoms with Crippen molar-refractivity contribution in [3.05, 3.63) is 43.9 Å². The Morgan fingerprint density at radius 2 is 1.95 bits per heavy atom. The van der Waals surface area contributed by atoms with Gasteiger partial charge >= 0.3 is 0 Å². The molecule has 0 bridgehead atoms. The van der Waals surface area contributed by atoms with Gasteiger partial charge in [-0.1, -0.05) is 18.2 Å². The molecule has 0 aromatic heterocycles. The maximum Gasteiger partial charge on any atom is 0.0996 e. The van der Waals surface area contributed by atoms with Crippen LogP contribution in [-0.4, -0.2) is 12.6 Å². The molecule has 4 heteroatoms. The van der Waals surface area contributed by atoms with Gasteiger partial charge in [0.2, 0.25) is 0 Å². The van der Waals surface area contributed by atoms with Crippen LogP contribution < -0.4 is 20.2 Å². The fourth-order valence-corrected chi connectivity index (χ4v) is 3.94. The molecule has 0 amide bonds. The van der Waals surface area contributed by atoms with Crippen LogP contribution in [-0.2, 0) is 0 Å². The monoisotopic (exact) mass is 378 g/mol. The first kappa shape index (κ1) is 11.8. The minimum Gasteiger partial charge on any atom is -0.341 e. The van der Waals surface area contributed by atoms with E-state index in [1.165, 1.54) is 21.8 Å². The van der Waals surface area contributed by atoms with E-state index in [-0.39, 0.29) is 0 Å². The Bertz CT molecular complexity index is 761. The molecule has 3 heterocycles. The molecule has 4 rings (SSSR count). The van der Waals surface area contributed by atoms with E-state index >= 15 is 0 Å². The lowest BCUT2D eigenvalue weighted by Crippen LogP contribution is -2.49. The third-order valence-corrected chi connectivity index (χ3v) is 5.89. The van der Waals surface area contributed by atoms with E-state index in [2.05, 4.69) is 85.1 Å². The van der Waals surface area contributed by atoms with Gasteiger partial charge in [-0.25, -0.2) is 0 Å². The van der Waals surface area contributed by atoms with E-state index in [0.29, 0.717) is 6.04 Å². The van der Waals surface area contributed by atoms with Gasteiger partial charge in [-0.3, -0.25) is 0 Å². The molecule has 19 heavy (non-hydrogen) atoms. The number of halogens is 2. The summed E-state index contributed by atoms with van der Waals surface area (Å²) >= 11 is 7.35. The molecule has 0 spiro atoms. The third-order valence-electron chi connectivity index (χ3n) is 3.90. The largest absolute Gasteiger partial charge is 0.341 e. The highest BCUT2D eigenvalue weighted by atomic mass is 79.9. The Hall–Kier alpha value is -1.00. The molecule has 3 aliphatic rings. The molecule has 96 valence electrons. The molecule has 3 aliphatic heterocycles. The minimum atomic E-state index is 0.456. The summed E-state index contributed by atoms with van der Waals surface area (Å²) in [6.07, 6.45) is 8.69. The fourth-order valence-electron chi connectivity index (χ4n) is 3.04. The second kappa shape index (κ2) is 4.00. The van der Waals surface area contributed by atoms with Gasteiger partial charge in [0, 0.05) is 33.7 Å². The first-order valence-corrected chi connectivity index (χ1v) is 7.90. The Balaban J connectivity index is 2.14. The lowest BCUT2D eigenvalue weighted by atomic mass is 10.0. The Morgan fingerprint density at radius 3 is 2.79 bits per heavy atom. The summed E-state index contributed by atoms with van der Waals surface area (Å²) in [5, 5.41) is 2.57. The van der Waals surface area contributed by atoms with Gasteiger partial charge in [-0.15, -0.1) is 0 Å². The molecule has 1 aromatic rings. The maximum absolute atomic E-state index is 3.71. The van der Waals surface area contributed by atoms with Crippen LogP contribution in [0.15, 0.2) is 33.5 Å². The minimum absolute atomic E-state index is 0.456. The predicted octanol–water partition coefficient (Wildman–Crippen LogP) is 2.76. The Kier molecular flexibility index (Phi) is 2.48. The molecule has 2 nitrogen and oxygen atoms in total. The normalized spacial score (nSPS) is 23.0. The summed E-state index contributed by atoms with van der Waals surface area (Å²) in [5.74, 6) is 0. The summed E-state index contributed by atoms with van der Waals surface area (Å²) in [6.45, 7) is 3.25. The molecule has 0 saturated carbocycles. The summed E-state index contributed by atoms with van der Waals surface area (Å²) in [7, 11) is 0. The second-order valence-corrected chi connectivity index (χ2v) is 6.70. The first-order chi connectivity index (χ1) is 9.16. The van der Waals surface area contributed by atoms with Crippen molar-refractivity contribution in [2.24, 2.45) is 0 Å². The zero-order chi connectivity index (χ0) is 13.1. The number of hydrogen-bond acceptors (Lipinski definition) is 2. The van der Waals surface area contributed by atoms with Gasteiger partial charge in [0.05, 0.1) is 16.0 Å². The fraction of sp³-hybridized carbons (Fsp3) is 0.200. The van der Waals surface area contributed by atoms with Crippen molar-refractivity contribution in [3.8, 4) is 0 Å². The van der Waals surface area contributed by atoms with Crippen molar-refractivity contribution in [2.45, 2.75) is 13.0 Å². The van der Waals surface area contributed by atoms with E-state index < -0.39 is 0 Å².